The minimum absolute atomic E-state index is 0.137. The smallest absolute Gasteiger partial charge is 0.253 e. The van der Waals surface area contributed by atoms with Gasteiger partial charge in [0.1, 0.15) is 6.04 Å². The monoisotopic (exact) mass is 457 g/mol. The topological polar surface area (TPSA) is 91.7 Å². The van der Waals surface area contributed by atoms with Crippen LogP contribution in [0.25, 0.3) is 0 Å². The molecule has 0 bridgehead atoms. The molecular weight excluding hydrogens is 435 g/mol. The van der Waals surface area contributed by atoms with Gasteiger partial charge in [-0.25, -0.2) is 0 Å². The van der Waals surface area contributed by atoms with Crippen molar-refractivity contribution in [2.45, 2.75) is 6.04 Å². The predicted octanol–water partition coefficient (Wildman–Crippen LogP) is 0.903. The van der Waals surface area contributed by atoms with Gasteiger partial charge in [0.25, 0.3) is 5.91 Å². The minimum atomic E-state index is -0.501. The van der Waals surface area contributed by atoms with Gasteiger partial charge in [-0.05, 0) is 29.6 Å². The minimum Gasteiger partial charge on any atom is -0.348 e. The number of carbonyl (C=O) groups is 3. The highest BCUT2D eigenvalue weighted by atomic mass is 35.5. The molecule has 0 unspecified atom stereocenters. The molecule has 156 valence electrons. The van der Waals surface area contributed by atoms with Crippen LogP contribution in [0.15, 0.2) is 35.7 Å². The number of rotatable bonds is 9. The summed E-state index contributed by atoms with van der Waals surface area (Å²) in [7, 11) is 4.04. The molecule has 2 aromatic rings. The second-order valence-electron chi connectivity index (χ2n) is 6.53. The number of quaternary nitrogens is 1. The first-order chi connectivity index (χ1) is 13.8. The second-order valence-corrected chi connectivity index (χ2v) is 8.36. The summed E-state index contributed by atoms with van der Waals surface area (Å²) >= 11 is 13.4. The first kappa shape index (κ1) is 23.2. The van der Waals surface area contributed by atoms with E-state index in [0.717, 1.165) is 0 Å². The van der Waals surface area contributed by atoms with Gasteiger partial charge in [-0.2, -0.15) is 0 Å². The Morgan fingerprint density at radius 1 is 1.03 bits per heavy atom. The summed E-state index contributed by atoms with van der Waals surface area (Å²) in [4.78, 5) is 38.4. The molecule has 1 aromatic heterocycles. The molecule has 0 fully saturated rings. The van der Waals surface area contributed by atoms with Crippen LogP contribution >= 0.6 is 34.5 Å². The quantitative estimate of drug-likeness (QED) is 0.450. The molecule has 1 aromatic carbocycles. The third-order valence-corrected chi connectivity index (χ3v) is 5.65. The zero-order valence-corrected chi connectivity index (χ0v) is 18.4. The molecule has 29 heavy (non-hydrogen) atoms. The maximum Gasteiger partial charge on any atom is 0.253 e. The molecule has 7 nitrogen and oxygen atoms in total. The van der Waals surface area contributed by atoms with Crippen LogP contribution in [0.3, 0.4) is 0 Å². The van der Waals surface area contributed by atoms with Gasteiger partial charge in [-0.1, -0.05) is 29.3 Å². The van der Waals surface area contributed by atoms with Crippen LogP contribution in [-0.4, -0.2) is 51.5 Å². The van der Waals surface area contributed by atoms with Gasteiger partial charge in [-0.15, -0.1) is 11.3 Å². The third-order valence-electron chi connectivity index (χ3n) is 4.12. The van der Waals surface area contributed by atoms with Crippen LogP contribution in [0, 0.1) is 0 Å². The number of carbonyl (C=O) groups excluding carboxylic acids is 3. The van der Waals surface area contributed by atoms with Crippen molar-refractivity contribution in [2.75, 3.05) is 33.7 Å². The van der Waals surface area contributed by atoms with Crippen LogP contribution in [0.5, 0.6) is 0 Å². The standard InChI is InChI=1S/C19H22Cl2N4O3S/c1-25(2)15(16-4-3-7-29-16)9-22-17(26)10-23-18(27)11-24-19(28)13-6-5-12(20)8-14(13)21/h3-8,15H,9-11H2,1-2H3,(H,22,26)(H,23,27)(H,24,28)/p+1/t15-/m1/s1. The summed E-state index contributed by atoms with van der Waals surface area (Å²) in [6.07, 6.45) is 0. The van der Waals surface area contributed by atoms with Crippen molar-refractivity contribution in [3.05, 3.63) is 56.2 Å². The van der Waals surface area contributed by atoms with E-state index in [4.69, 9.17) is 23.2 Å². The number of benzene rings is 1. The van der Waals surface area contributed by atoms with E-state index in [1.54, 1.807) is 11.3 Å². The number of hydrogen-bond donors (Lipinski definition) is 4. The Kier molecular flexibility index (Phi) is 8.91. The summed E-state index contributed by atoms with van der Waals surface area (Å²) in [5.41, 5.74) is 0.215. The Morgan fingerprint density at radius 3 is 2.34 bits per heavy atom. The van der Waals surface area contributed by atoms with E-state index in [0.29, 0.717) is 11.6 Å². The van der Waals surface area contributed by atoms with Crippen molar-refractivity contribution < 1.29 is 19.3 Å². The molecule has 4 N–H and O–H groups in total. The van der Waals surface area contributed by atoms with Gasteiger partial charge in [0.05, 0.1) is 49.2 Å². The Labute approximate surface area is 183 Å². The molecule has 0 spiro atoms. The van der Waals surface area contributed by atoms with Crippen molar-refractivity contribution in [1.29, 1.82) is 0 Å². The largest absolute Gasteiger partial charge is 0.348 e. The van der Waals surface area contributed by atoms with Crippen molar-refractivity contribution in [3.63, 3.8) is 0 Å². The molecule has 0 aliphatic heterocycles. The van der Waals surface area contributed by atoms with E-state index in [1.165, 1.54) is 28.0 Å². The second kappa shape index (κ2) is 11.2. The van der Waals surface area contributed by atoms with Crippen LogP contribution < -0.4 is 20.9 Å². The SMILES string of the molecule is C[NH+](C)[C@H](CNC(=O)CNC(=O)CNC(=O)c1ccc(Cl)cc1Cl)c1cccs1. The van der Waals surface area contributed by atoms with Gasteiger partial charge in [0.15, 0.2) is 0 Å². The highest BCUT2D eigenvalue weighted by Gasteiger charge is 2.20. The van der Waals surface area contributed by atoms with E-state index in [-0.39, 0.29) is 35.6 Å². The van der Waals surface area contributed by atoms with Crippen LogP contribution in [0.1, 0.15) is 21.3 Å². The van der Waals surface area contributed by atoms with Crippen molar-refractivity contribution in [2.24, 2.45) is 0 Å². The molecule has 0 radical (unpaired) electrons. The Bertz CT molecular complexity index is 859. The van der Waals surface area contributed by atoms with E-state index >= 15 is 0 Å². The fourth-order valence-corrected chi connectivity index (χ4v) is 3.98. The zero-order chi connectivity index (χ0) is 21.4. The molecule has 0 aliphatic carbocycles. The molecule has 1 atom stereocenters. The molecule has 2 rings (SSSR count). The number of likely N-dealkylation sites (N-methyl/N-ethyl adjacent to an activating group) is 1. The maximum atomic E-state index is 12.1. The van der Waals surface area contributed by atoms with Crippen molar-refractivity contribution in [1.82, 2.24) is 16.0 Å². The molecule has 1 heterocycles. The van der Waals surface area contributed by atoms with E-state index in [2.05, 4.69) is 16.0 Å². The van der Waals surface area contributed by atoms with Crippen molar-refractivity contribution >= 4 is 52.3 Å². The first-order valence-corrected chi connectivity index (χ1v) is 10.5. The summed E-state index contributed by atoms with van der Waals surface area (Å²) in [6.45, 7) is 0.0183. The molecular formula is C19H23Cl2N4O3S+. The molecule has 10 heteroatoms. The summed E-state index contributed by atoms with van der Waals surface area (Å²) in [6, 6.07) is 8.60. The van der Waals surface area contributed by atoms with Crippen LogP contribution in [-0.2, 0) is 9.59 Å². The highest BCUT2D eigenvalue weighted by molar-refractivity contribution is 7.10. The Hall–Kier alpha value is -2.13. The first-order valence-electron chi connectivity index (χ1n) is 8.88. The zero-order valence-electron chi connectivity index (χ0n) is 16.1. The lowest BCUT2D eigenvalue weighted by Gasteiger charge is -2.20. The summed E-state index contributed by atoms with van der Waals surface area (Å²) < 4.78 is 0. The number of thiophene rings is 1. The summed E-state index contributed by atoms with van der Waals surface area (Å²) in [5.74, 6) is -1.28. The number of hydrogen-bond acceptors (Lipinski definition) is 4. The van der Waals surface area contributed by atoms with Gasteiger partial charge < -0.3 is 20.9 Å². The molecule has 0 aliphatic rings. The average Bonchev–Trinajstić information content (AvgIpc) is 3.18. The lowest BCUT2D eigenvalue weighted by molar-refractivity contribution is -0.890. The summed E-state index contributed by atoms with van der Waals surface area (Å²) in [5, 5.41) is 10.4. The van der Waals surface area contributed by atoms with Crippen LogP contribution in [0.4, 0.5) is 0 Å². The Balaban J connectivity index is 1.73. The van der Waals surface area contributed by atoms with Gasteiger partial charge >= 0.3 is 0 Å². The molecule has 3 amide bonds. The Morgan fingerprint density at radius 2 is 1.72 bits per heavy atom. The van der Waals surface area contributed by atoms with Gasteiger partial charge in [0, 0.05) is 5.02 Å². The van der Waals surface area contributed by atoms with E-state index in [9.17, 15) is 14.4 Å². The van der Waals surface area contributed by atoms with Gasteiger partial charge in [0.2, 0.25) is 11.8 Å². The third kappa shape index (κ3) is 7.32. The number of amides is 3. The van der Waals surface area contributed by atoms with Crippen LogP contribution in [0.2, 0.25) is 10.0 Å². The number of nitrogens with one attached hydrogen (secondary N) is 4. The highest BCUT2D eigenvalue weighted by Crippen LogP contribution is 2.20. The van der Waals surface area contributed by atoms with Crippen molar-refractivity contribution in [3.8, 4) is 0 Å². The normalized spacial score (nSPS) is 11.8. The van der Waals surface area contributed by atoms with E-state index in [1.807, 2.05) is 31.6 Å². The lowest BCUT2D eigenvalue weighted by Crippen LogP contribution is -3.06. The maximum absolute atomic E-state index is 12.1. The predicted molar refractivity (Wildman–Crippen MR) is 115 cm³/mol. The lowest BCUT2D eigenvalue weighted by atomic mass is 10.2. The van der Waals surface area contributed by atoms with Gasteiger partial charge in [-0.3, -0.25) is 14.4 Å². The average molecular weight is 458 g/mol. The molecule has 0 saturated carbocycles. The number of halogens is 2. The molecule has 0 saturated heterocycles. The van der Waals surface area contributed by atoms with E-state index < -0.39 is 11.8 Å². The fourth-order valence-electron chi connectivity index (χ4n) is 2.53. The fraction of sp³-hybridized carbons (Fsp3) is 0.316.